The van der Waals surface area contributed by atoms with Crippen LogP contribution in [0, 0.1) is 23.7 Å². The van der Waals surface area contributed by atoms with Crippen LogP contribution < -0.4 is 11.1 Å². The van der Waals surface area contributed by atoms with Crippen LogP contribution in [-0.4, -0.2) is 12.5 Å². The lowest BCUT2D eigenvalue weighted by Crippen LogP contribution is -2.26. The van der Waals surface area contributed by atoms with E-state index < -0.39 is 0 Å². The number of benzene rings is 1. The maximum Gasteiger partial charge on any atom is 0.227 e. The quantitative estimate of drug-likeness (QED) is 0.823. The normalized spacial score (nSPS) is 21.3. The van der Waals surface area contributed by atoms with Gasteiger partial charge < -0.3 is 11.1 Å². The van der Waals surface area contributed by atoms with Crippen LogP contribution in [-0.2, 0) is 4.79 Å². The Morgan fingerprint density at radius 3 is 2.76 bits per heavy atom. The summed E-state index contributed by atoms with van der Waals surface area (Å²) in [5.74, 6) is 6.65. The van der Waals surface area contributed by atoms with Crippen molar-refractivity contribution in [3.63, 3.8) is 0 Å². The summed E-state index contributed by atoms with van der Waals surface area (Å²) >= 11 is 6.08. The maximum atomic E-state index is 12.3. The first-order valence-corrected chi connectivity index (χ1v) is 7.77. The number of hydrogen-bond donors (Lipinski definition) is 2. The third-order valence-electron chi connectivity index (χ3n) is 3.95. The molecule has 1 amide bonds. The zero-order valence-electron chi connectivity index (χ0n) is 12.3. The van der Waals surface area contributed by atoms with E-state index in [0.29, 0.717) is 10.6 Å². The van der Waals surface area contributed by atoms with Crippen molar-refractivity contribution in [3.05, 3.63) is 28.8 Å². The van der Waals surface area contributed by atoms with E-state index in [9.17, 15) is 4.79 Å². The van der Waals surface area contributed by atoms with E-state index in [-0.39, 0.29) is 18.4 Å². The topological polar surface area (TPSA) is 55.1 Å². The number of hydrogen-bond acceptors (Lipinski definition) is 2. The van der Waals surface area contributed by atoms with E-state index in [0.717, 1.165) is 37.3 Å². The van der Waals surface area contributed by atoms with Crippen LogP contribution in [0.15, 0.2) is 18.2 Å². The van der Waals surface area contributed by atoms with Gasteiger partial charge in [0.05, 0.1) is 11.6 Å². The van der Waals surface area contributed by atoms with Gasteiger partial charge in [-0.3, -0.25) is 4.79 Å². The van der Waals surface area contributed by atoms with Crippen LogP contribution in [0.2, 0.25) is 5.02 Å². The molecule has 0 spiro atoms. The highest BCUT2D eigenvalue weighted by Crippen LogP contribution is 2.29. The molecule has 0 bridgehead atoms. The first-order chi connectivity index (χ1) is 10.1. The minimum Gasteiger partial charge on any atom is -0.326 e. The standard InChI is InChI=1S/C17H21ClN2O/c1-12-4-6-13(7-5-12)17(21)20-15-8-9-16(18)14(11-15)3-2-10-19/h8-9,11-13H,4-7,10,19H2,1H3,(H,20,21). The molecule has 0 radical (unpaired) electrons. The average Bonchev–Trinajstić information content (AvgIpc) is 2.48. The molecule has 4 heteroatoms. The van der Waals surface area contributed by atoms with Gasteiger partial charge in [-0.15, -0.1) is 0 Å². The van der Waals surface area contributed by atoms with Crippen molar-refractivity contribution in [1.82, 2.24) is 0 Å². The van der Waals surface area contributed by atoms with Gasteiger partial charge in [0, 0.05) is 17.2 Å². The van der Waals surface area contributed by atoms with E-state index in [1.807, 2.05) is 0 Å². The van der Waals surface area contributed by atoms with Gasteiger partial charge in [0.2, 0.25) is 5.91 Å². The zero-order valence-corrected chi connectivity index (χ0v) is 13.0. The van der Waals surface area contributed by atoms with Gasteiger partial charge >= 0.3 is 0 Å². The highest BCUT2D eigenvalue weighted by atomic mass is 35.5. The number of carbonyl (C=O) groups excluding carboxylic acids is 1. The lowest BCUT2D eigenvalue weighted by atomic mass is 9.82. The number of nitrogens with two attached hydrogens (primary N) is 1. The van der Waals surface area contributed by atoms with Crippen LogP contribution in [0.25, 0.3) is 0 Å². The second-order valence-corrected chi connectivity index (χ2v) is 6.05. The molecule has 1 saturated carbocycles. The number of nitrogens with one attached hydrogen (secondary N) is 1. The lowest BCUT2D eigenvalue weighted by molar-refractivity contribution is -0.121. The molecule has 0 saturated heterocycles. The largest absolute Gasteiger partial charge is 0.326 e. The molecule has 2 rings (SSSR count). The smallest absolute Gasteiger partial charge is 0.227 e. The van der Waals surface area contributed by atoms with Gasteiger partial charge in [-0.2, -0.15) is 0 Å². The Labute approximate surface area is 131 Å². The predicted octanol–water partition coefficient (Wildman–Crippen LogP) is 3.42. The highest BCUT2D eigenvalue weighted by molar-refractivity contribution is 6.31. The van der Waals surface area contributed by atoms with Crippen molar-refractivity contribution >= 4 is 23.2 Å². The molecule has 0 heterocycles. The summed E-state index contributed by atoms with van der Waals surface area (Å²) in [4.78, 5) is 12.3. The zero-order chi connectivity index (χ0) is 15.2. The summed E-state index contributed by atoms with van der Waals surface area (Å²) in [6.07, 6.45) is 4.21. The summed E-state index contributed by atoms with van der Waals surface area (Å²) in [5.41, 5.74) is 6.80. The summed E-state index contributed by atoms with van der Waals surface area (Å²) in [5, 5.41) is 3.54. The SMILES string of the molecule is CC1CCC(C(=O)Nc2ccc(Cl)c(C#CCN)c2)CC1. The number of anilines is 1. The van der Waals surface area contributed by atoms with Gasteiger partial charge in [-0.1, -0.05) is 30.4 Å². The van der Waals surface area contributed by atoms with Crippen molar-refractivity contribution in [2.45, 2.75) is 32.6 Å². The minimum atomic E-state index is 0.0990. The first-order valence-electron chi connectivity index (χ1n) is 7.39. The average molecular weight is 305 g/mol. The van der Waals surface area contributed by atoms with Crippen molar-refractivity contribution in [3.8, 4) is 11.8 Å². The fraction of sp³-hybridized carbons (Fsp3) is 0.471. The Morgan fingerprint density at radius 2 is 2.10 bits per heavy atom. The number of rotatable bonds is 2. The number of amides is 1. The molecular weight excluding hydrogens is 284 g/mol. The Balaban J connectivity index is 2.04. The maximum absolute atomic E-state index is 12.3. The molecular formula is C17H21ClN2O. The summed E-state index contributed by atoms with van der Waals surface area (Å²) in [6, 6.07) is 5.36. The molecule has 1 aromatic rings. The summed E-state index contributed by atoms with van der Waals surface area (Å²) in [6.45, 7) is 2.53. The van der Waals surface area contributed by atoms with Gasteiger partial charge in [0.1, 0.15) is 0 Å². The molecule has 1 fully saturated rings. The molecule has 0 unspecified atom stereocenters. The van der Waals surface area contributed by atoms with Crippen molar-refractivity contribution in [1.29, 1.82) is 0 Å². The highest BCUT2D eigenvalue weighted by Gasteiger charge is 2.24. The predicted molar refractivity (Wildman–Crippen MR) is 87.1 cm³/mol. The van der Waals surface area contributed by atoms with E-state index >= 15 is 0 Å². The Hall–Kier alpha value is -1.50. The number of carbonyl (C=O) groups is 1. The molecule has 0 aliphatic heterocycles. The van der Waals surface area contributed by atoms with E-state index in [4.69, 9.17) is 17.3 Å². The molecule has 1 aliphatic rings. The molecule has 112 valence electrons. The fourth-order valence-corrected chi connectivity index (χ4v) is 2.78. The van der Waals surface area contributed by atoms with E-state index in [1.54, 1.807) is 18.2 Å². The van der Waals surface area contributed by atoms with Gasteiger partial charge in [0.15, 0.2) is 0 Å². The molecule has 1 aliphatic carbocycles. The second kappa shape index (κ2) is 7.49. The van der Waals surface area contributed by atoms with Gasteiger partial charge in [-0.05, 0) is 49.8 Å². The Bertz CT molecular complexity index is 566. The fourth-order valence-electron chi connectivity index (χ4n) is 2.61. The van der Waals surface area contributed by atoms with Gasteiger partial charge in [-0.25, -0.2) is 0 Å². The molecule has 21 heavy (non-hydrogen) atoms. The molecule has 3 N–H and O–H groups in total. The van der Waals surface area contributed by atoms with Crippen LogP contribution >= 0.6 is 11.6 Å². The van der Waals surface area contributed by atoms with Crippen molar-refractivity contribution in [2.75, 3.05) is 11.9 Å². The first kappa shape index (κ1) is 15.9. The minimum absolute atomic E-state index is 0.0990. The summed E-state index contributed by atoms with van der Waals surface area (Å²) < 4.78 is 0. The lowest BCUT2D eigenvalue weighted by Gasteiger charge is -2.25. The third-order valence-corrected chi connectivity index (χ3v) is 4.28. The second-order valence-electron chi connectivity index (χ2n) is 5.65. The molecule has 0 atom stereocenters. The Morgan fingerprint density at radius 1 is 1.38 bits per heavy atom. The van der Waals surface area contributed by atoms with Crippen LogP contribution in [0.3, 0.4) is 0 Å². The van der Waals surface area contributed by atoms with Crippen molar-refractivity contribution in [2.24, 2.45) is 17.6 Å². The molecule has 1 aromatic carbocycles. The van der Waals surface area contributed by atoms with Crippen LogP contribution in [0.1, 0.15) is 38.2 Å². The van der Waals surface area contributed by atoms with Crippen molar-refractivity contribution < 1.29 is 4.79 Å². The van der Waals surface area contributed by atoms with Crippen LogP contribution in [0.4, 0.5) is 5.69 Å². The molecule has 3 nitrogen and oxygen atoms in total. The Kier molecular flexibility index (Phi) is 5.67. The molecule has 0 aromatic heterocycles. The summed E-state index contributed by atoms with van der Waals surface area (Å²) in [7, 11) is 0. The van der Waals surface area contributed by atoms with E-state index in [1.165, 1.54) is 0 Å². The van der Waals surface area contributed by atoms with Crippen LogP contribution in [0.5, 0.6) is 0 Å². The van der Waals surface area contributed by atoms with E-state index in [2.05, 4.69) is 24.1 Å². The third kappa shape index (κ3) is 4.49. The van der Waals surface area contributed by atoms with Gasteiger partial charge in [0.25, 0.3) is 0 Å². The number of halogens is 1. The monoisotopic (exact) mass is 304 g/mol.